The van der Waals surface area contributed by atoms with Crippen LogP contribution in [0.2, 0.25) is 0 Å². The normalized spacial score (nSPS) is 17.2. The first-order valence-electron chi connectivity index (χ1n) is 11.1. The van der Waals surface area contributed by atoms with Crippen molar-refractivity contribution in [1.82, 2.24) is 24.5 Å². The van der Waals surface area contributed by atoms with E-state index >= 15 is 0 Å². The molecular formula is C23H26FN5O2S. The molecule has 0 aliphatic carbocycles. The number of aryl methyl sites for hydroxylation is 1. The molecular weight excluding hydrogens is 429 g/mol. The molecule has 7 nitrogen and oxygen atoms in total. The van der Waals surface area contributed by atoms with Crippen LogP contribution in [0.25, 0.3) is 15.9 Å². The highest BCUT2D eigenvalue weighted by Gasteiger charge is 2.29. The van der Waals surface area contributed by atoms with Crippen LogP contribution in [0.4, 0.5) is 9.18 Å². The molecule has 168 valence electrons. The monoisotopic (exact) mass is 455 g/mol. The third kappa shape index (κ3) is 3.85. The molecule has 1 aromatic carbocycles. The molecule has 32 heavy (non-hydrogen) atoms. The van der Waals surface area contributed by atoms with E-state index in [4.69, 9.17) is 0 Å². The van der Waals surface area contributed by atoms with E-state index in [1.165, 1.54) is 29.9 Å². The molecule has 2 aliphatic rings. The summed E-state index contributed by atoms with van der Waals surface area (Å²) in [6.45, 7) is 5.79. The van der Waals surface area contributed by atoms with E-state index < -0.39 is 0 Å². The van der Waals surface area contributed by atoms with Crippen molar-refractivity contribution in [3.05, 3.63) is 46.7 Å². The van der Waals surface area contributed by atoms with Crippen molar-refractivity contribution < 1.29 is 14.0 Å². The van der Waals surface area contributed by atoms with Gasteiger partial charge in [-0.25, -0.2) is 13.9 Å². The van der Waals surface area contributed by atoms with Crippen LogP contribution < -0.4 is 0 Å². The van der Waals surface area contributed by atoms with Gasteiger partial charge in [0.25, 0.3) is 5.91 Å². The Labute approximate surface area is 190 Å². The number of hydrogen-bond donors (Lipinski definition) is 0. The maximum Gasteiger partial charge on any atom is 0.320 e. The molecule has 0 bridgehead atoms. The standard InChI is InChI=1S/C23H26FN5O2S/c1-16-19-15-20(32-22(19)29(25-16)18-7-5-17(24)6-8-18)21(30)26-11-13-28(14-12-26)23(31)27-9-3-2-4-10-27/h5-8,15H,2-4,9-14H2,1H3. The number of benzene rings is 1. The summed E-state index contributed by atoms with van der Waals surface area (Å²) >= 11 is 1.40. The lowest BCUT2D eigenvalue weighted by Gasteiger charge is -2.38. The van der Waals surface area contributed by atoms with Gasteiger partial charge in [-0.2, -0.15) is 5.10 Å². The second-order valence-corrected chi connectivity index (χ2v) is 9.44. The van der Waals surface area contributed by atoms with Gasteiger partial charge in [-0.1, -0.05) is 0 Å². The summed E-state index contributed by atoms with van der Waals surface area (Å²) in [6.07, 6.45) is 3.34. The Morgan fingerprint density at radius 3 is 2.22 bits per heavy atom. The van der Waals surface area contributed by atoms with Gasteiger partial charge in [0.2, 0.25) is 0 Å². The number of rotatable bonds is 2. The molecule has 2 aromatic heterocycles. The second-order valence-electron chi connectivity index (χ2n) is 8.41. The van der Waals surface area contributed by atoms with Crippen LogP contribution in [0.15, 0.2) is 30.3 Å². The van der Waals surface area contributed by atoms with Crippen molar-refractivity contribution in [2.24, 2.45) is 0 Å². The summed E-state index contributed by atoms with van der Waals surface area (Å²) in [5, 5.41) is 5.50. The molecule has 2 aliphatic heterocycles. The third-order valence-electron chi connectivity index (χ3n) is 6.29. The average molecular weight is 456 g/mol. The van der Waals surface area contributed by atoms with E-state index in [-0.39, 0.29) is 17.8 Å². The maximum atomic E-state index is 13.3. The number of thiophene rings is 1. The first kappa shape index (κ1) is 20.9. The van der Waals surface area contributed by atoms with Crippen molar-refractivity contribution in [2.75, 3.05) is 39.3 Å². The van der Waals surface area contributed by atoms with Gasteiger partial charge >= 0.3 is 6.03 Å². The van der Waals surface area contributed by atoms with E-state index in [9.17, 15) is 14.0 Å². The second kappa shape index (κ2) is 8.54. The van der Waals surface area contributed by atoms with Crippen molar-refractivity contribution in [3.63, 3.8) is 0 Å². The molecule has 0 saturated carbocycles. The maximum absolute atomic E-state index is 13.3. The number of amides is 3. The summed E-state index contributed by atoms with van der Waals surface area (Å²) < 4.78 is 15.1. The summed E-state index contributed by atoms with van der Waals surface area (Å²) in [4.78, 5) is 33.1. The van der Waals surface area contributed by atoms with Crippen molar-refractivity contribution >= 4 is 33.5 Å². The molecule has 9 heteroatoms. The molecule has 4 heterocycles. The molecule has 5 rings (SSSR count). The molecule has 3 aromatic rings. The van der Waals surface area contributed by atoms with E-state index in [0.717, 1.165) is 47.5 Å². The highest BCUT2D eigenvalue weighted by atomic mass is 32.1. The number of aromatic nitrogens is 2. The number of likely N-dealkylation sites (tertiary alicyclic amines) is 1. The van der Waals surface area contributed by atoms with Crippen LogP contribution >= 0.6 is 11.3 Å². The number of carbonyl (C=O) groups is 2. The minimum atomic E-state index is -0.297. The zero-order chi connectivity index (χ0) is 22.2. The first-order chi connectivity index (χ1) is 15.5. The van der Waals surface area contributed by atoms with Gasteiger partial charge in [-0.3, -0.25) is 4.79 Å². The zero-order valence-corrected chi connectivity index (χ0v) is 18.9. The van der Waals surface area contributed by atoms with Crippen molar-refractivity contribution in [3.8, 4) is 5.69 Å². The molecule has 0 unspecified atom stereocenters. The van der Waals surface area contributed by atoms with Gasteiger partial charge in [0, 0.05) is 44.7 Å². The lowest BCUT2D eigenvalue weighted by molar-refractivity contribution is 0.0637. The minimum absolute atomic E-state index is 0.0127. The fourth-order valence-corrected chi connectivity index (χ4v) is 5.60. The van der Waals surface area contributed by atoms with Gasteiger partial charge in [0.05, 0.1) is 16.3 Å². The molecule has 2 fully saturated rings. The van der Waals surface area contributed by atoms with Crippen molar-refractivity contribution in [2.45, 2.75) is 26.2 Å². The number of nitrogens with zero attached hydrogens (tertiary/aromatic N) is 5. The number of halogens is 1. The first-order valence-corrected chi connectivity index (χ1v) is 11.9. The largest absolute Gasteiger partial charge is 0.334 e. The molecule has 2 saturated heterocycles. The minimum Gasteiger partial charge on any atom is -0.334 e. The Morgan fingerprint density at radius 1 is 0.906 bits per heavy atom. The molecule has 0 N–H and O–H groups in total. The Bertz CT molecular complexity index is 1140. The lowest BCUT2D eigenvalue weighted by Crippen LogP contribution is -2.54. The summed E-state index contributed by atoms with van der Waals surface area (Å²) in [7, 11) is 0. The highest BCUT2D eigenvalue weighted by molar-refractivity contribution is 7.20. The van der Waals surface area contributed by atoms with Crippen molar-refractivity contribution in [1.29, 1.82) is 0 Å². The summed E-state index contributed by atoms with van der Waals surface area (Å²) in [6, 6.07) is 8.18. The SMILES string of the molecule is Cc1nn(-c2ccc(F)cc2)c2sc(C(=O)N3CCN(C(=O)N4CCCCC4)CC3)cc12. The predicted molar refractivity (Wildman–Crippen MR) is 122 cm³/mol. The summed E-state index contributed by atoms with van der Waals surface area (Å²) in [5.74, 6) is -0.310. The Balaban J connectivity index is 1.30. The topological polar surface area (TPSA) is 61.7 Å². The van der Waals surface area contributed by atoms with Gasteiger partial charge in [0.1, 0.15) is 10.6 Å². The van der Waals surface area contributed by atoms with Crippen LogP contribution in [-0.2, 0) is 0 Å². The number of carbonyl (C=O) groups excluding carboxylic acids is 2. The van der Waals surface area contributed by atoms with Crippen LogP contribution in [0.1, 0.15) is 34.6 Å². The van der Waals surface area contributed by atoms with Crippen LogP contribution in [-0.4, -0.2) is 75.7 Å². The number of fused-ring (bicyclic) bond motifs is 1. The predicted octanol–water partition coefficient (Wildman–Crippen LogP) is 3.90. The van der Waals surface area contributed by atoms with Gasteiger partial charge in [0.15, 0.2) is 0 Å². The lowest BCUT2D eigenvalue weighted by atomic mass is 10.1. The van der Waals surface area contributed by atoms with E-state index in [0.29, 0.717) is 31.1 Å². The van der Waals surface area contributed by atoms with Crippen LogP contribution in [0.5, 0.6) is 0 Å². The Morgan fingerprint density at radius 2 is 1.53 bits per heavy atom. The zero-order valence-electron chi connectivity index (χ0n) is 18.1. The van der Waals surface area contributed by atoms with Gasteiger partial charge in [-0.05, 0) is 56.5 Å². The fraction of sp³-hybridized carbons (Fsp3) is 0.435. The molecule has 0 spiro atoms. The average Bonchev–Trinajstić information content (AvgIpc) is 3.40. The van der Waals surface area contributed by atoms with Gasteiger partial charge < -0.3 is 14.7 Å². The highest BCUT2D eigenvalue weighted by Crippen LogP contribution is 2.31. The molecule has 3 amide bonds. The van der Waals surface area contributed by atoms with Gasteiger partial charge in [-0.15, -0.1) is 11.3 Å². The third-order valence-corrected chi connectivity index (χ3v) is 7.39. The van der Waals surface area contributed by atoms with Crippen LogP contribution in [0, 0.1) is 12.7 Å². The van der Waals surface area contributed by atoms with E-state index in [2.05, 4.69) is 5.10 Å². The fourth-order valence-electron chi connectivity index (χ4n) is 4.45. The number of piperidine rings is 1. The number of piperazine rings is 1. The van der Waals surface area contributed by atoms with E-state index in [1.54, 1.807) is 16.8 Å². The smallest absolute Gasteiger partial charge is 0.320 e. The quantitative estimate of drug-likeness (QED) is 0.589. The summed E-state index contributed by atoms with van der Waals surface area (Å²) in [5.41, 5.74) is 1.59. The Hall–Kier alpha value is -2.94. The molecule has 0 radical (unpaired) electrons. The number of urea groups is 1. The molecule has 0 atom stereocenters. The number of hydrogen-bond acceptors (Lipinski definition) is 4. The Kier molecular flexibility index (Phi) is 5.58. The van der Waals surface area contributed by atoms with Crippen LogP contribution in [0.3, 0.4) is 0 Å². The van der Waals surface area contributed by atoms with E-state index in [1.807, 2.05) is 27.7 Å².